The number of piperidine rings is 1. The van der Waals surface area contributed by atoms with Crippen LogP contribution in [0.25, 0.3) is 0 Å². The Balaban J connectivity index is 1.48. The Morgan fingerprint density at radius 1 is 1.26 bits per heavy atom. The van der Waals surface area contributed by atoms with Gasteiger partial charge in [0.15, 0.2) is 18.0 Å². The van der Waals surface area contributed by atoms with Crippen LogP contribution >= 0.6 is 0 Å². The summed E-state index contributed by atoms with van der Waals surface area (Å²) < 4.78 is 15.3. The summed E-state index contributed by atoms with van der Waals surface area (Å²) in [7, 11) is 1.42. The molecule has 23 heavy (non-hydrogen) atoms. The van der Waals surface area contributed by atoms with Crippen molar-refractivity contribution in [3.8, 4) is 11.5 Å². The molecule has 2 aliphatic heterocycles. The van der Waals surface area contributed by atoms with Gasteiger partial charge in [0.1, 0.15) is 0 Å². The molecule has 2 heterocycles. The molecular formula is C16H21N2O5+. The van der Waals surface area contributed by atoms with Gasteiger partial charge in [0.2, 0.25) is 6.79 Å². The lowest BCUT2D eigenvalue weighted by atomic mass is 9.97. The lowest BCUT2D eigenvalue weighted by molar-refractivity contribution is -0.897. The zero-order chi connectivity index (χ0) is 16.2. The molecule has 0 radical (unpaired) electrons. The molecule has 0 atom stereocenters. The third kappa shape index (κ3) is 3.73. The minimum atomic E-state index is -0.145. The minimum absolute atomic E-state index is 0.0272. The SMILES string of the molecule is COC(=O)C1CC[NH+](CC(=O)Nc2ccc3c(c2)OCO3)CC1. The monoisotopic (exact) mass is 321 g/mol. The fourth-order valence-corrected chi connectivity index (χ4v) is 3.01. The molecule has 1 aromatic carbocycles. The largest absolute Gasteiger partial charge is 0.469 e. The van der Waals surface area contributed by atoms with Gasteiger partial charge >= 0.3 is 5.97 Å². The molecule has 0 aliphatic carbocycles. The van der Waals surface area contributed by atoms with E-state index in [1.54, 1.807) is 18.2 Å². The summed E-state index contributed by atoms with van der Waals surface area (Å²) in [5.41, 5.74) is 0.697. The van der Waals surface area contributed by atoms with Gasteiger partial charge in [-0.1, -0.05) is 0 Å². The molecule has 0 saturated carbocycles. The van der Waals surface area contributed by atoms with E-state index in [0.717, 1.165) is 25.9 Å². The summed E-state index contributed by atoms with van der Waals surface area (Å²) in [5, 5.41) is 2.88. The second-order valence-corrected chi connectivity index (χ2v) is 5.84. The van der Waals surface area contributed by atoms with Gasteiger partial charge in [-0.05, 0) is 12.1 Å². The number of quaternary nitrogens is 1. The average molecular weight is 321 g/mol. The lowest BCUT2D eigenvalue weighted by Gasteiger charge is -2.27. The van der Waals surface area contributed by atoms with Crippen molar-refractivity contribution in [2.75, 3.05) is 38.9 Å². The van der Waals surface area contributed by atoms with Crippen LogP contribution in [0.5, 0.6) is 11.5 Å². The number of ether oxygens (including phenoxy) is 3. The van der Waals surface area contributed by atoms with Crippen molar-refractivity contribution in [1.29, 1.82) is 0 Å². The first-order chi connectivity index (χ1) is 11.2. The molecule has 3 rings (SSSR count). The van der Waals surface area contributed by atoms with Gasteiger partial charge in [-0.2, -0.15) is 0 Å². The maximum absolute atomic E-state index is 12.2. The lowest BCUT2D eigenvalue weighted by Crippen LogP contribution is -3.14. The predicted octanol–water partition coefficient (Wildman–Crippen LogP) is -0.178. The molecule has 2 aliphatic rings. The van der Waals surface area contributed by atoms with E-state index in [4.69, 9.17) is 14.2 Å². The van der Waals surface area contributed by atoms with Crippen molar-refractivity contribution < 1.29 is 28.7 Å². The smallest absolute Gasteiger partial charge is 0.309 e. The van der Waals surface area contributed by atoms with Crippen LogP contribution in [0, 0.1) is 5.92 Å². The standard InChI is InChI=1S/C16H20N2O5/c1-21-16(20)11-4-6-18(7-5-11)9-15(19)17-12-2-3-13-14(8-12)23-10-22-13/h2-3,8,11H,4-7,9-10H2,1H3,(H,17,19)/p+1. The summed E-state index contributed by atoms with van der Waals surface area (Å²) in [6.07, 6.45) is 1.53. The van der Waals surface area contributed by atoms with E-state index in [9.17, 15) is 9.59 Å². The molecule has 0 spiro atoms. The number of carbonyl (C=O) groups is 2. The first-order valence-electron chi connectivity index (χ1n) is 7.76. The minimum Gasteiger partial charge on any atom is -0.469 e. The van der Waals surface area contributed by atoms with Crippen molar-refractivity contribution in [1.82, 2.24) is 0 Å². The number of methoxy groups -OCH3 is 1. The normalized spacial score (nSPS) is 22.5. The number of nitrogens with one attached hydrogen (secondary N) is 2. The summed E-state index contributed by atoms with van der Waals surface area (Å²) in [6.45, 7) is 2.21. The molecule has 0 unspecified atom stereocenters. The summed E-state index contributed by atoms with van der Waals surface area (Å²) >= 11 is 0. The number of rotatable bonds is 4. The predicted molar refractivity (Wildman–Crippen MR) is 81.5 cm³/mol. The van der Waals surface area contributed by atoms with Crippen molar-refractivity contribution in [2.24, 2.45) is 5.92 Å². The topological polar surface area (TPSA) is 78.3 Å². The van der Waals surface area contributed by atoms with Crippen molar-refractivity contribution in [3.63, 3.8) is 0 Å². The van der Waals surface area contributed by atoms with Crippen LogP contribution in [-0.2, 0) is 14.3 Å². The molecule has 0 aromatic heterocycles. The Bertz CT molecular complexity index is 596. The third-order valence-corrected chi connectivity index (χ3v) is 4.29. The number of likely N-dealkylation sites (tertiary alicyclic amines) is 1. The van der Waals surface area contributed by atoms with Crippen LogP contribution in [0.2, 0.25) is 0 Å². The zero-order valence-electron chi connectivity index (χ0n) is 13.1. The zero-order valence-corrected chi connectivity index (χ0v) is 13.1. The number of esters is 1. The third-order valence-electron chi connectivity index (χ3n) is 4.29. The van der Waals surface area contributed by atoms with E-state index >= 15 is 0 Å². The van der Waals surface area contributed by atoms with Gasteiger partial charge in [-0.15, -0.1) is 0 Å². The molecule has 2 N–H and O–H groups in total. The van der Waals surface area contributed by atoms with Crippen LogP contribution in [0.4, 0.5) is 5.69 Å². The Morgan fingerprint density at radius 3 is 2.74 bits per heavy atom. The van der Waals surface area contributed by atoms with Gasteiger partial charge in [0, 0.05) is 24.6 Å². The Labute approximate surface area is 134 Å². The summed E-state index contributed by atoms with van der Waals surface area (Å²) in [6, 6.07) is 5.34. The molecular weight excluding hydrogens is 300 g/mol. The molecule has 7 nitrogen and oxygen atoms in total. The van der Waals surface area contributed by atoms with Crippen LogP contribution in [-0.4, -0.2) is 45.4 Å². The average Bonchev–Trinajstić information content (AvgIpc) is 3.02. The van der Waals surface area contributed by atoms with Gasteiger partial charge in [0.05, 0.1) is 26.1 Å². The Morgan fingerprint density at radius 2 is 2.00 bits per heavy atom. The first-order valence-corrected chi connectivity index (χ1v) is 7.76. The molecule has 124 valence electrons. The fourth-order valence-electron chi connectivity index (χ4n) is 3.01. The molecule has 7 heteroatoms. The van der Waals surface area contributed by atoms with Crippen LogP contribution in [0.1, 0.15) is 12.8 Å². The van der Waals surface area contributed by atoms with Crippen molar-refractivity contribution in [3.05, 3.63) is 18.2 Å². The molecule has 0 bridgehead atoms. The van der Waals surface area contributed by atoms with E-state index in [0.29, 0.717) is 23.7 Å². The van der Waals surface area contributed by atoms with E-state index in [2.05, 4.69) is 5.32 Å². The van der Waals surface area contributed by atoms with E-state index in [1.165, 1.54) is 12.0 Å². The number of hydrogen-bond donors (Lipinski definition) is 2. The van der Waals surface area contributed by atoms with Gasteiger partial charge < -0.3 is 24.4 Å². The molecule has 1 aromatic rings. The second kappa shape index (κ2) is 6.87. The number of fused-ring (bicyclic) bond motifs is 1. The maximum Gasteiger partial charge on any atom is 0.309 e. The van der Waals surface area contributed by atoms with E-state index in [-0.39, 0.29) is 24.6 Å². The van der Waals surface area contributed by atoms with E-state index < -0.39 is 0 Å². The van der Waals surface area contributed by atoms with Crippen LogP contribution in [0.3, 0.4) is 0 Å². The van der Waals surface area contributed by atoms with E-state index in [1.807, 2.05) is 0 Å². The highest BCUT2D eigenvalue weighted by Gasteiger charge is 2.29. The Kier molecular flexibility index (Phi) is 4.66. The number of amides is 1. The number of hydrogen-bond acceptors (Lipinski definition) is 5. The van der Waals surface area contributed by atoms with Crippen molar-refractivity contribution >= 4 is 17.6 Å². The first kappa shape index (κ1) is 15.6. The number of benzene rings is 1. The number of anilines is 1. The van der Waals surface area contributed by atoms with Crippen LogP contribution in [0.15, 0.2) is 18.2 Å². The van der Waals surface area contributed by atoms with Crippen LogP contribution < -0.4 is 19.7 Å². The Hall–Kier alpha value is -2.28. The maximum atomic E-state index is 12.2. The van der Waals surface area contributed by atoms with Gasteiger partial charge in [-0.3, -0.25) is 9.59 Å². The highest BCUT2D eigenvalue weighted by Crippen LogP contribution is 2.34. The summed E-state index contributed by atoms with van der Waals surface area (Å²) in [5.74, 6) is 1.12. The highest BCUT2D eigenvalue weighted by atomic mass is 16.7. The fraction of sp³-hybridized carbons (Fsp3) is 0.500. The quantitative estimate of drug-likeness (QED) is 0.753. The molecule has 1 amide bonds. The van der Waals surface area contributed by atoms with Crippen molar-refractivity contribution in [2.45, 2.75) is 12.8 Å². The highest BCUT2D eigenvalue weighted by molar-refractivity contribution is 5.91. The second-order valence-electron chi connectivity index (χ2n) is 5.84. The summed E-state index contributed by atoms with van der Waals surface area (Å²) in [4.78, 5) is 24.8. The van der Waals surface area contributed by atoms with Gasteiger partial charge in [0.25, 0.3) is 5.91 Å². The van der Waals surface area contributed by atoms with Gasteiger partial charge in [-0.25, -0.2) is 0 Å². The molecule has 1 fully saturated rings. The number of carbonyl (C=O) groups excluding carboxylic acids is 2. The molecule has 1 saturated heterocycles.